The van der Waals surface area contributed by atoms with Crippen LogP contribution in [0.2, 0.25) is 0 Å². The highest BCUT2D eigenvalue weighted by Gasteiger charge is 2.24. The molecule has 1 unspecified atom stereocenters. The Morgan fingerprint density at radius 1 is 1.45 bits per heavy atom. The summed E-state index contributed by atoms with van der Waals surface area (Å²) in [7, 11) is 1.72. The molecule has 1 heterocycles. The highest BCUT2D eigenvalue weighted by Crippen LogP contribution is 2.27. The van der Waals surface area contributed by atoms with E-state index >= 15 is 0 Å². The van der Waals surface area contributed by atoms with Crippen molar-refractivity contribution >= 4 is 0 Å². The number of hydrogen-bond acceptors (Lipinski definition) is 4. The minimum absolute atomic E-state index is 0.288. The number of likely N-dealkylation sites (tertiary alicyclic amines) is 1. The number of aliphatic hydroxyl groups excluding tert-OH is 1. The molecule has 1 aromatic rings. The lowest BCUT2D eigenvalue weighted by Crippen LogP contribution is -2.29. The molecular weight excluding hydrogens is 252 g/mol. The van der Waals surface area contributed by atoms with E-state index in [2.05, 4.69) is 11.0 Å². The van der Waals surface area contributed by atoms with Gasteiger partial charge in [0.25, 0.3) is 0 Å². The molecule has 1 fully saturated rings. The first kappa shape index (κ1) is 15.3. The molecule has 0 aliphatic carbocycles. The van der Waals surface area contributed by atoms with E-state index in [4.69, 9.17) is 15.6 Å². The molecular formula is C16H26N2O2. The van der Waals surface area contributed by atoms with Gasteiger partial charge in [0.05, 0.1) is 7.11 Å². The van der Waals surface area contributed by atoms with Crippen molar-refractivity contribution in [1.82, 2.24) is 4.90 Å². The van der Waals surface area contributed by atoms with Gasteiger partial charge in [-0.25, -0.2) is 0 Å². The first-order valence-electron chi connectivity index (χ1n) is 7.49. The fraction of sp³-hybridized carbons (Fsp3) is 0.625. The highest BCUT2D eigenvalue weighted by molar-refractivity contribution is 5.37. The van der Waals surface area contributed by atoms with Gasteiger partial charge in [0.1, 0.15) is 5.75 Å². The van der Waals surface area contributed by atoms with Crippen LogP contribution >= 0.6 is 0 Å². The Morgan fingerprint density at radius 3 is 3.00 bits per heavy atom. The van der Waals surface area contributed by atoms with Gasteiger partial charge in [0, 0.05) is 31.3 Å². The Morgan fingerprint density at radius 2 is 2.30 bits per heavy atom. The number of aliphatic hydroxyl groups is 1. The van der Waals surface area contributed by atoms with Gasteiger partial charge in [-0.15, -0.1) is 0 Å². The van der Waals surface area contributed by atoms with Gasteiger partial charge in [-0.05, 0) is 49.9 Å². The van der Waals surface area contributed by atoms with Crippen LogP contribution in [-0.4, -0.2) is 36.3 Å². The summed E-state index contributed by atoms with van der Waals surface area (Å²) < 4.78 is 5.46. The smallest absolute Gasteiger partial charge is 0.123 e. The fourth-order valence-corrected chi connectivity index (χ4v) is 3.06. The minimum atomic E-state index is 0.288. The average molecular weight is 278 g/mol. The Bertz CT molecular complexity index is 423. The molecule has 2 rings (SSSR count). The summed E-state index contributed by atoms with van der Waals surface area (Å²) in [6, 6.07) is 6.78. The third-order valence-electron chi connectivity index (χ3n) is 4.15. The Balaban J connectivity index is 2.07. The second-order valence-corrected chi connectivity index (χ2v) is 5.48. The summed E-state index contributed by atoms with van der Waals surface area (Å²) in [5.74, 6) is 0.940. The monoisotopic (exact) mass is 278 g/mol. The number of hydrogen-bond donors (Lipinski definition) is 2. The summed E-state index contributed by atoms with van der Waals surface area (Å²) >= 11 is 0. The van der Waals surface area contributed by atoms with Gasteiger partial charge in [-0.2, -0.15) is 0 Å². The van der Waals surface area contributed by atoms with Gasteiger partial charge < -0.3 is 15.6 Å². The largest absolute Gasteiger partial charge is 0.496 e. The number of benzene rings is 1. The van der Waals surface area contributed by atoms with Crippen molar-refractivity contribution in [1.29, 1.82) is 0 Å². The maximum absolute atomic E-state index is 9.00. The number of rotatable bonds is 7. The van der Waals surface area contributed by atoms with Crippen LogP contribution in [0.5, 0.6) is 5.75 Å². The summed E-state index contributed by atoms with van der Waals surface area (Å²) in [5, 5.41) is 9.00. The van der Waals surface area contributed by atoms with Crippen LogP contribution in [0.4, 0.5) is 0 Å². The van der Waals surface area contributed by atoms with Crippen LogP contribution < -0.4 is 10.5 Å². The lowest BCUT2D eigenvalue weighted by Gasteiger charge is -2.25. The third-order valence-corrected chi connectivity index (χ3v) is 4.15. The summed E-state index contributed by atoms with van der Waals surface area (Å²) in [5.41, 5.74) is 8.09. The van der Waals surface area contributed by atoms with Crippen LogP contribution in [0.3, 0.4) is 0 Å². The molecule has 0 aromatic heterocycles. The summed E-state index contributed by atoms with van der Waals surface area (Å²) in [4.78, 5) is 2.51. The molecule has 1 aromatic carbocycles. The molecule has 1 atom stereocenters. The van der Waals surface area contributed by atoms with Crippen molar-refractivity contribution in [3.05, 3.63) is 29.3 Å². The molecule has 4 nitrogen and oxygen atoms in total. The predicted molar refractivity (Wildman–Crippen MR) is 80.6 cm³/mol. The SMILES string of the molecule is COc1ccc(CN)cc1CN1CCCC1CCCO. The number of ether oxygens (including phenoxy) is 1. The van der Waals surface area contributed by atoms with Crippen molar-refractivity contribution in [2.75, 3.05) is 20.3 Å². The van der Waals surface area contributed by atoms with Crippen LogP contribution in [0.1, 0.15) is 36.8 Å². The van der Waals surface area contributed by atoms with Gasteiger partial charge in [-0.3, -0.25) is 4.90 Å². The first-order valence-corrected chi connectivity index (χ1v) is 7.49. The quantitative estimate of drug-likeness (QED) is 0.799. The molecule has 0 spiro atoms. The van der Waals surface area contributed by atoms with Crippen LogP contribution in [0.15, 0.2) is 18.2 Å². The van der Waals surface area contributed by atoms with Crippen LogP contribution in [-0.2, 0) is 13.1 Å². The minimum Gasteiger partial charge on any atom is -0.496 e. The Kier molecular flexibility index (Phi) is 5.83. The summed E-state index contributed by atoms with van der Waals surface area (Å²) in [6.07, 6.45) is 4.45. The van der Waals surface area contributed by atoms with Crippen molar-refractivity contribution in [2.24, 2.45) is 5.73 Å². The second-order valence-electron chi connectivity index (χ2n) is 5.48. The molecule has 112 valence electrons. The molecule has 0 saturated carbocycles. The predicted octanol–water partition coefficient (Wildman–Crippen LogP) is 1.89. The third kappa shape index (κ3) is 3.72. The van der Waals surface area contributed by atoms with E-state index in [1.807, 2.05) is 12.1 Å². The number of nitrogens with two attached hydrogens (primary N) is 1. The van der Waals surface area contributed by atoms with Gasteiger partial charge in [0.15, 0.2) is 0 Å². The van der Waals surface area contributed by atoms with E-state index in [0.29, 0.717) is 12.6 Å². The lowest BCUT2D eigenvalue weighted by molar-refractivity contribution is 0.208. The zero-order valence-corrected chi connectivity index (χ0v) is 12.3. The lowest BCUT2D eigenvalue weighted by atomic mass is 10.1. The number of methoxy groups -OCH3 is 1. The molecule has 1 aliphatic rings. The van der Waals surface area contributed by atoms with Crippen molar-refractivity contribution < 1.29 is 9.84 Å². The molecule has 3 N–H and O–H groups in total. The van der Waals surface area contributed by atoms with Crippen molar-refractivity contribution in [3.8, 4) is 5.75 Å². The van der Waals surface area contributed by atoms with Crippen LogP contribution in [0, 0.1) is 0 Å². The van der Waals surface area contributed by atoms with Crippen molar-refractivity contribution in [3.63, 3.8) is 0 Å². The summed E-state index contributed by atoms with van der Waals surface area (Å²) in [6.45, 7) is 2.89. The zero-order chi connectivity index (χ0) is 14.4. The topological polar surface area (TPSA) is 58.7 Å². The normalized spacial score (nSPS) is 19.4. The fourth-order valence-electron chi connectivity index (χ4n) is 3.06. The molecule has 0 bridgehead atoms. The van der Waals surface area contributed by atoms with E-state index in [1.165, 1.54) is 18.4 Å². The molecule has 1 aliphatic heterocycles. The molecule has 0 amide bonds. The Hall–Kier alpha value is -1.10. The van der Waals surface area contributed by atoms with Crippen LogP contribution in [0.25, 0.3) is 0 Å². The van der Waals surface area contributed by atoms with E-state index < -0.39 is 0 Å². The maximum atomic E-state index is 9.00. The van der Waals surface area contributed by atoms with E-state index in [0.717, 1.165) is 37.2 Å². The average Bonchev–Trinajstić information content (AvgIpc) is 2.92. The van der Waals surface area contributed by atoms with Gasteiger partial charge >= 0.3 is 0 Å². The van der Waals surface area contributed by atoms with Gasteiger partial charge in [-0.1, -0.05) is 6.07 Å². The molecule has 4 heteroatoms. The Labute approximate surface area is 121 Å². The van der Waals surface area contributed by atoms with E-state index in [9.17, 15) is 0 Å². The van der Waals surface area contributed by atoms with E-state index in [1.54, 1.807) is 7.11 Å². The van der Waals surface area contributed by atoms with Crippen molar-refractivity contribution in [2.45, 2.75) is 44.8 Å². The highest BCUT2D eigenvalue weighted by atomic mass is 16.5. The molecule has 20 heavy (non-hydrogen) atoms. The number of nitrogens with zero attached hydrogens (tertiary/aromatic N) is 1. The zero-order valence-electron chi connectivity index (χ0n) is 12.3. The van der Waals surface area contributed by atoms with E-state index in [-0.39, 0.29) is 6.61 Å². The maximum Gasteiger partial charge on any atom is 0.123 e. The first-order chi connectivity index (χ1) is 9.78. The molecule has 0 radical (unpaired) electrons. The second kappa shape index (κ2) is 7.62. The van der Waals surface area contributed by atoms with Gasteiger partial charge in [0.2, 0.25) is 0 Å². The standard InChI is InChI=1S/C16H26N2O2/c1-20-16-7-6-13(11-17)10-14(16)12-18-8-2-4-15(18)5-3-9-19/h6-7,10,15,19H,2-5,8-9,11-12,17H2,1H3. The molecule has 1 saturated heterocycles.